The standard InChI is InChI=1S/C19H31Cl2N5S/c1-11-8-18-23-9-13(12(2)26(18)25-11)17-6-7-22-19(24-17)27-10-14-15(20)4-3-5-16(14)21/h11-16,18,23,25H,3-10H2,1-2H3. The van der Waals surface area contributed by atoms with Gasteiger partial charge in [0.15, 0.2) is 5.17 Å². The summed E-state index contributed by atoms with van der Waals surface area (Å²) in [6, 6.07) is 0.981. The van der Waals surface area contributed by atoms with E-state index < -0.39 is 0 Å². The second-order valence-corrected chi connectivity index (χ2v) is 10.5. The molecule has 8 heteroatoms. The van der Waals surface area contributed by atoms with Gasteiger partial charge in [-0.2, -0.15) is 0 Å². The van der Waals surface area contributed by atoms with Crippen LogP contribution in [0.4, 0.5) is 0 Å². The predicted octanol–water partition coefficient (Wildman–Crippen LogP) is 3.47. The molecule has 0 aromatic heterocycles. The van der Waals surface area contributed by atoms with Gasteiger partial charge in [-0.15, -0.1) is 23.2 Å². The Kier molecular flexibility index (Phi) is 6.72. The van der Waals surface area contributed by atoms with Crippen molar-refractivity contribution in [2.45, 2.75) is 75.0 Å². The Labute approximate surface area is 177 Å². The molecule has 4 aliphatic rings. The summed E-state index contributed by atoms with van der Waals surface area (Å²) in [5, 5.41) is 7.39. The molecule has 0 radical (unpaired) electrons. The number of rotatable bonds is 3. The lowest BCUT2D eigenvalue weighted by Gasteiger charge is -2.42. The molecule has 1 aliphatic carbocycles. The van der Waals surface area contributed by atoms with E-state index in [1.54, 1.807) is 11.8 Å². The van der Waals surface area contributed by atoms with E-state index in [4.69, 9.17) is 28.2 Å². The lowest BCUT2D eigenvalue weighted by atomic mass is 9.90. The number of nitrogens with zero attached hydrogens (tertiary/aromatic N) is 3. The van der Waals surface area contributed by atoms with Crippen LogP contribution in [0.15, 0.2) is 9.98 Å². The first-order valence-corrected chi connectivity index (χ1v) is 12.2. The monoisotopic (exact) mass is 431 g/mol. The third-order valence-electron chi connectivity index (χ3n) is 6.45. The highest BCUT2D eigenvalue weighted by Gasteiger charge is 2.41. The van der Waals surface area contributed by atoms with Crippen molar-refractivity contribution >= 4 is 45.8 Å². The summed E-state index contributed by atoms with van der Waals surface area (Å²) < 4.78 is 0. The number of aliphatic imine (C=N–C) groups is 2. The summed E-state index contributed by atoms with van der Waals surface area (Å²) in [6.45, 7) is 6.42. The molecule has 5 nitrogen and oxygen atoms in total. The second-order valence-electron chi connectivity index (χ2n) is 8.40. The number of hydrazine groups is 1. The largest absolute Gasteiger partial charge is 0.300 e. The van der Waals surface area contributed by atoms with Gasteiger partial charge in [-0.05, 0) is 33.1 Å². The van der Waals surface area contributed by atoms with Crippen molar-refractivity contribution in [1.82, 2.24) is 15.8 Å². The first-order valence-electron chi connectivity index (χ1n) is 10.3. The van der Waals surface area contributed by atoms with Crippen LogP contribution in [0.5, 0.6) is 0 Å². The zero-order valence-corrected chi connectivity index (χ0v) is 18.5. The van der Waals surface area contributed by atoms with E-state index in [1.165, 1.54) is 5.71 Å². The van der Waals surface area contributed by atoms with Gasteiger partial charge >= 0.3 is 0 Å². The molecular formula is C19H31Cl2N5S. The predicted molar refractivity (Wildman–Crippen MR) is 117 cm³/mol. The number of amidine groups is 1. The van der Waals surface area contributed by atoms with Gasteiger partial charge in [-0.25, -0.2) is 10.0 Å². The molecule has 0 aromatic rings. The quantitative estimate of drug-likeness (QED) is 0.671. The van der Waals surface area contributed by atoms with E-state index in [0.717, 1.165) is 56.1 Å². The highest BCUT2D eigenvalue weighted by molar-refractivity contribution is 8.13. The van der Waals surface area contributed by atoms with E-state index in [1.807, 2.05) is 0 Å². The summed E-state index contributed by atoms with van der Waals surface area (Å²) in [7, 11) is 0. The first kappa shape index (κ1) is 20.4. The van der Waals surface area contributed by atoms with Crippen molar-refractivity contribution in [1.29, 1.82) is 0 Å². The molecule has 0 aromatic carbocycles. The molecule has 27 heavy (non-hydrogen) atoms. The minimum atomic E-state index is 0.184. The maximum absolute atomic E-state index is 6.53. The van der Waals surface area contributed by atoms with Gasteiger partial charge in [-0.1, -0.05) is 18.2 Å². The van der Waals surface area contributed by atoms with Gasteiger partial charge in [-0.3, -0.25) is 15.7 Å². The minimum Gasteiger partial charge on any atom is -0.300 e. The van der Waals surface area contributed by atoms with Crippen LogP contribution in [-0.4, -0.2) is 63.7 Å². The summed E-state index contributed by atoms with van der Waals surface area (Å²) in [6.07, 6.45) is 5.87. The van der Waals surface area contributed by atoms with Crippen molar-refractivity contribution in [2.75, 3.05) is 18.8 Å². The third kappa shape index (κ3) is 4.51. The van der Waals surface area contributed by atoms with Crippen molar-refractivity contribution in [3.8, 4) is 0 Å². The molecule has 6 atom stereocenters. The maximum atomic E-state index is 6.53. The topological polar surface area (TPSA) is 52.0 Å². The van der Waals surface area contributed by atoms with Gasteiger partial charge in [0.05, 0.1) is 6.17 Å². The van der Waals surface area contributed by atoms with Crippen LogP contribution in [0.25, 0.3) is 0 Å². The zero-order chi connectivity index (χ0) is 19.0. The normalized spacial score (nSPS) is 43.2. The fraction of sp³-hybridized carbons (Fsp3) is 0.895. The van der Waals surface area contributed by atoms with Crippen LogP contribution in [0.3, 0.4) is 0 Å². The molecule has 0 bridgehead atoms. The molecule has 3 heterocycles. The first-order chi connectivity index (χ1) is 13.0. The Morgan fingerprint density at radius 1 is 1.22 bits per heavy atom. The summed E-state index contributed by atoms with van der Waals surface area (Å²) >= 11 is 14.8. The highest BCUT2D eigenvalue weighted by Crippen LogP contribution is 2.35. The Hall–Kier alpha value is 0.150. The Morgan fingerprint density at radius 3 is 2.78 bits per heavy atom. The number of hydrogen-bond donors (Lipinski definition) is 2. The van der Waals surface area contributed by atoms with Crippen LogP contribution < -0.4 is 10.7 Å². The van der Waals surface area contributed by atoms with E-state index in [0.29, 0.717) is 30.1 Å². The molecular weight excluding hydrogens is 401 g/mol. The van der Waals surface area contributed by atoms with Crippen LogP contribution in [0.2, 0.25) is 0 Å². The Balaban J connectivity index is 1.38. The third-order valence-corrected chi connectivity index (χ3v) is 8.57. The van der Waals surface area contributed by atoms with Gasteiger partial charge in [0, 0.05) is 65.6 Å². The van der Waals surface area contributed by atoms with Gasteiger partial charge < -0.3 is 0 Å². The minimum absolute atomic E-state index is 0.184. The molecule has 1 saturated carbocycles. The summed E-state index contributed by atoms with van der Waals surface area (Å²) in [5.41, 5.74) is 4.91. The Bertz CT molecular complexity index is 591. The van der Waals surface area contributed by atoms with Gasteiger partial charge in [0.25, 0.3) is 0 Å². The van der Waals surface area contributed by atoms with Crippen LogP contribution in [0, 0.1) is 11.8 Å². The SMILES string of the molecule is CC1CC2NCC(C3=NC(SCC4C(Cl)CCCC4Cl)=NCC3)C(C)N2N1. The molecule has 152 valence electrons. The molecule has 0 spiro atoms. The van der Waals surface area contributed by atoms with Crippen molar-refractivity contribution in [3.05, 3.63) is 0 Å². The number of fused-ring (bicyclic) bond motifs is 1. The van der Waals surface area contributed by atoms with Crippen molar-refractivity contribution in [2.24, 2.45) is 21.8 Å². The maximum Gasteiger partial charge on any atom is 0.182 e. The molecule has 2 saturated heterocycles. The fourth-order valence-electron chi connectivity index (χ4n) is 4.82. The van der Waals surface area contributed by atoms with E-state index in [9.17, 15) is 0 Å². The molecule has 6 unspecified atom stereocenters. The number of halogens is 2. The summed E-state index contributed by atoms with van der Waals surface area (Å²) in [4.78, 5) is 9.64. The number of thioether (sulfide) groups is 1. The van der Waals surface area contributed by atoms with E-state index >= 15 is 0 Å². The fourth-order valence-corrected chi connectivity index (χ4v) is 7.12. The van der Waals surface area contributed by atoms with E-state index in [2.05, 4.69) is 34.6 Å². The molecule has 3 aliphatic heterocycles. The Morgan fingerprint density at radius 2 is 2.00 bits per heavy atom. The average Bonchev–Trinajstić information content (AvgIpc) is 3.03. The lowest BCUT2D eigenvalue weighted by Crippen LogP contribution is -2.61. The smallest absolute Gasteiger partial charge is 0.182 e. The highest BCUT2D eigenvalue weighted by atomic mass is 35.5. The van der Waals surface area contributed by atoms with Gasteiger partial charge in [0.1, 0.15) is 0 Å². The molecule has 3 fully saturated rings. The van der Waals surface area contributed by atoms with Crippen molar-refractivity contribution < 1.29 is 0 Å². The zero-order valence-electron chi connectivity index (χ0n) is 16.2. The number of nitrogens with one attached hydrogen (secondary N) is 2. The molecule has 0 amide bonds. The summed E-state index contributed by atoms with van der Waals surface area (Å²) in [5.74, 6) is 1.70. The second kappa shape index (κ2) is 8.88. The average molecular weight is 432 g/mol. The van der Waals surface area contributed by atoms with Crippen molar-refractivity contribution in [3.63, 3.8) is 0 Å². The molecule has 2 N–H and O–H groups in total. The van der Waals surface area contributed by atoms with Crippen LogP contribution >= 0.6 is 35.0 Å². The number of alkyl halides is 2. The molecule has 4 rings (SSSR count). The van der Waals surface area contributed by atoms with E-state index in [-0.39, 0.29) is 10.8 Å². The van der Waals surface area contributed by atoms with Crippen LogP contribution in [-0.2, 0) is 0 Å². The van der Waals surface area contributed by atoms with Gasteiger partial charge in [0.2, 0.25) is 0 Å². The lowest BCUT2D eigenvalue weighted by molar-refractivity contribution is 0.0510. The number of hydrogen-bond acceptors (Lipinski definition) is 6. The van der Waals surface area contributed by atoms with Crippen LogP contribution in [0.1, 0.15) is 46.0 Å².